The molecule has 26 heavy (non-hydrogen) atoms. The molecule has 1 saturated carbocycles. The zero-order valence-electron chi connectivity index (χ0n) is 15.0. The number of carbonyl (C=O) groups excluding carboxylic acids is 1. The average Bonchev–Trinajstić information content (AvgIpc) is 3.03. The van der Waals surface area contributed by atoms with Crippen molar-refractivity contribution >= 4 is 17.2 Å². The van der Waals surface area contributed by atoms with E-state index in [1.807, 2.05) is 55.1 Å². The number of carbonyl (C=O) groups is 1. The number of nitrogens with one attached hydrogen (secondary N) is 1. The van der Waals surface area contributed by atoms with Crippen LogP contribution in [0, 0.1) is 19.3 Å². The van der Waals surface area contributed by atoms with Crippen LogP contribution < -0.4 is 5.32 Å². The fraction of sp³-hybridized carbons (Fsp3) is 0.350. The van der Waals surface area contributed by atoms with E-state index in [0.717, 1.165) is 40.5 Å². The van der Waals surface area contributed by atoms with E-state index >= 15 is 0 Å². The fourth-order valence-electron chi connectivity index (χ4n) is 3.28. The minimum Gasteiger partial charge on any atom is -0.351 e. The number of aromatic nitrogens is 3. The molecule has 0 bridgehead atoms. The number of nitrogens with zero attached hydrogens (tertiary/aromatic N) is 3. The van der Waals surface area contributed by atoms with Gasteiger partial charge in [-0.1, -0.05) is 12.1 Å². The van der Waals surface area contributed by atoms with Gasteiger partial charge >= 0.3 is 0 Å². The molecule has 5 nitrogen and oxygen atoms in total. The second-order valence-electron chi connectivity index (χ2n) is 7.11. The first kappa shape index (κ1) is 17.0. The monoisotopic (exact) mass is 366 g/mol. The van der Waals surface area contributed by atoms with Crippen molar-refractivity contribution in [1.29, 1.82) is 0 Å². The second kappa shape index (κ2) is 6.68. The highest BCUT2D eigenvalue weighted by atomic mass is 32.1. The summed E-state index contributed by atoms with van der Waals surface area (Å²) in [4.78, 5) is 18.3. The topological polar surface area (TPSA) is 59.8 Å². The second-order valence-corrected chi connectivity index (χ2v) is 8.32. The number of aryl methyl sites for hydroxylation is 2. The number of hydrogen-bond acceptors (Lipinski definition) is 4. The molecule has 0 radical (unpaired) electrons. The summed E-state index contributed by atoms with van der Waals surface area (Å²) in [5.74, 6) is -0.0162. The van der Waals surface area contributed by atoms with Gasteiger partial charge in [0.25, 0.3) is 5.91 Å². The zero-order valence-corrected chi connectivity index (χ0v) is 15.8. The first-order chi connectivity index (χ1) is 12.5. The van der Waals surface area contributed by atoms with E-state index in [0.29, 0.717) is 12.1 Å². The molecule has 0 saturated heterocycles. The summed E-state index contributed by atoms with van der Waals surface area (Å²) < 4.78 is 1.95. The third-order valence-electron chi connectivity index (χ3n) is 4.93. The van der Waals surface area contributed by atoms with E-state index < -0.39 is 0 Å². The predicted octanol–water partition coefficient (Wildman–Crippen LogP) is 3.83. The molecular formula is C20H22N4OS. The summed E-state index contributed by atoms with van der Waals surface area (Å²) in [6.07, 6.45) is 6.03. The van der Waals surface area contributed by atoms with E-state index in [2.05, 4.69) is 15.4 Å². The summed E-state index contributed by atoms with van der Waals surface area (Å²) in [5.41, 5.74) is 2.92. The normalized spacial score (nSPS) is 15.0. The van der Waals surface area contributed by atoms with Gasteiger partial charge in [-0.15, -0.1) is 11.3 Å². The Labute approximate surface area is 157 Å². The Bertz CT molecular complexity index is 925. The van der Waals surface area contributed by atoms with Gasteiger partial charge in [-0.25, -0.2) is 4.98 Å². The van der Waals surface area contributed by atoms with Crippen molar-refractivity contribution in [1.82, 2.24) is 20.1 Å². The van der Waals surface area contributed by atoms with Crippen LogP contribution in [0.1, 0.15) is 33.9 Å². The maximum absolute atomic E-state index is 12.6. The SMILES string of the molecule is Cc1nc(C)c(-c2cccc(C(=O)NCC3(Cn4cccn4)CC3)c2)s1. The third-order valence-corrected chi connectivity index (χ3v) is 6.05. The maximum Gasteiger partial charge on any atom is 0.251 e. The molecule has 134 valence electrons. The first-order valence-corrected chi connectivity index (χ1v) is 9.66. The van der Waals surface area contributed by atoms with Gasteiger partial charge < -0.3 is 5.32 Å². The molecule has 1 aromatic carbocycles. The smallest absolute Gasteiger partial charge is 0.251 e. The lowest BCUT2D eigenvalue weighted by atomic mass is 10.1. The lowest BCUT2D eigenvalue weighted by molar-refractivity contribution is 0.0942. The molecule has 1 N–H and O–H groups in total. The zero-order chi connectivity index (χ0) is 18.1. The molecule has 1 fully saturated rings. The number of thiazole rings is 1. The molecule has 1 aliphatic carbocycles. The molecule has 0 aliphatic heterocycles. The molecule has 6 heteroatoms. The molecular weight excluding hydrogens is 344 g/mol. The quantitative estimate of drug-likeness (QED) is 0.721. The van der Waals surface area contributed by atoms with Crippen molar-refractivity contribution in [3.05, 3.63) is 59.0 Å². The molecule has 1 aliphatic rings. The van der Waals surface area contributed by atoms with Gasteiger partial charge in [0.15, 0.2) is 0 Å². The van der Waals surface area contributed by atoms with Crippen molar-refractivity contribution in [2.45, 2.75) is 33.2 Å². The van der Waals surface area contributed by atoms with E-state index in [1.54, 1.807) is 17.5 Å². The van der Waals surface area contributed by atoms with Gasteiger partial charge in [0.1, 0.15) is 0 Å². The van der Waals surface area contributed by atoms with Gasteiger partial charge in [-0.2, -0.15) is 5.10 Å². The number of benzene rings is 1. The van der Waals surface area contributed by atoms with Crippen LogP contribution >= 0.6 is 11.3 Å². The summed E-state index contributed by atoms with van der Waals surface area (Å²) in [7, 11) is 0. The standard InChI is InChI=1S/C20H22N4OS/c1-14-18(26-15(2)23-14)16-5-3-6-17(11-16)19(25)21-12-20(7-8-20)13-24-10-4-9-22-24/h3-6,9-11H,7-8,12-13H2,1-2H3,(H,21,25). The Kier molecular flexibility index (Phi) is 4.36. The highest BCUT2D eigenvalue weighted by Gasteiger charge is 2.43. The van der Waals surface area contributed by atoms with Crippen LogP contribution in [-0.4, -0.2) is 27.2 Å². The van der Waals surface area contributed by atoms with E-state index in [-0.39, 0.29) is 11.3 Å². The molecule has 2 aromatic heterocycles. The molecule has 0 spiro atoms. The Hall–Kier alpha value is -2.47. The summed E-state index contributed by atoms with van der Waals surface area (Å²) in [6.45, 7) is 5.57. The maximum atomic E-state index is 12.6. The Balaban J connectivity index is 1.44. The minimum absolute atomic E-state index is 0.0162. The molecule has 0 unspecified atom stereocenters. The molecule has 4 rings (SSSR count). The average molecular weight is 366 g/mol. The summed E-state index contributed by atoms with van der Waals surface area (Å²) in [5, 5.41) is 8.44. The van der Waals surface area contributed by atoms with Gasteiger partial charge in [0.05, 0.1) is 15.6 Å². The number of hydrogen-bond donors (Lipinski definition) is 1. The minimum atomic E-state index is -0.0162. The van der Waals surface area contributed by atoms with Gasteiger partial charge in [0, 0.05) is 36.5 Å². The highest BCUT2D eigenvalue weighted by molar-refractivity contribution is 7.15. The van der Waals surface area contributed by atoms with Crippen LogP contribution in [0.25, 0.3) is 10.4 Å². The van der Waals surface area contributed by atoms with Gasteiger partial charge in [-0.3, -0.25) is 9.48 Å². The van der Waals surface area contributed by atoms with Crippen molar-refractivity contribution in [2.24, 2.45) is 5.41 Å². The van der Waals surface area contributed by atoms with Crippen LogP contribution in [0.3, 0.4) is 0 Å². The van der Waals surface area contributed by atoms with Crippen LogP contribution in [0.2, 0.25) is 0 Å². The predicted molar refractivity (Wildman–Crippen MR) is 103 cm³/mol. The van der Waals surface area contributed by atoms with Crippen LogP contribution in [0.4, 0.5) is 0 Å². The molecule has 0 atom stereocenters. The Morgan fingerprint density at radius 1 is 1.31 bits per heavy atom. The summed E-state index contributed by atoms with van der Waals surface area (Å²) >= 11 is 1.67. The third kappa shape index (κ3) is 3.55. The largest absolute Gasteiger partial charge is 0.351 e. The van der Waals surface area contributed by atoms with E-state index in [9.17, 15) is 4.79 Å². The Morgan fingerprint density at radius 3 is 2.81 bits per heavy atom. The van der Waals surface area contributed by atoms with Crippen molar-refractivity contribution in [3.8, 4) is 10.4 Å². The lowest BCUT2D eigenvalue weighted by Gasteiger charge is -2.16. The van der Waals surface area contributed by atoms with E-state index in [1.165, 1.54) is 0 Å². The highest BCUT2D eigenvalue weighted by Crippen LogP contribution is 2.46. The van der Waals surface area contributed by atoms with Crippen LogP contribution in [0.5, 0.6) is 0 Å². The van der Waals surface area contributed by atoms with Crippen LogP contribution in [0.15, 0.2) is 42.7 Å². The molecule has 2 heterocycles. The van der Waals surface area contributed by atoms with Crippen LogP contribution in [-0.2, 0) is 6.54 Å². The molecule has 1 amide bonds. The summed E-state index contributed by atoms with van der Waals surface area (Å²) in [6, 6.07) is 9.74. The Morgan fingerprint density at radius 2 is 2.15 bits per heavy atom. The number of amides is 1. The van der Waals surface area contributed by atoms with Crippen molar-refractivity contribution < 1.29 is 4.79 Å². The lowest BCUT2D eigenvalue weighted by Crippen LogP contribution is -2.32. The first-order valence-electron chi connectivity index (χ1n) is 8.85. The van der Waals surface area contributed by atoms with Crippen molar-refractivity contribution in [3.63, 3.8) is 0 Å². The van der Waals surface area contributed by atoms with Crippen molar-refractivity contribution in [2.75, 3.05) is 6.54 Å². The van der Waals surface area contributed by atoms with Gasteiger partial charge in [0.2, 0.25) is 0 Å². The number of rotatable bonds is 6. The van der Waals surface area contributed by atoms with E-state index in [4.69, 9.17) is 0 Å². The van der Waals surface area contributed by atoms with Gasteiger partial charge in [-0.05, 0) is 50.5 Å². The molecule has 3 aromatic rings. The fourth-order valence-corrected chi connectivity index (χ4v) is 4.19.